The maximum absolute atomic E-state index is 12.2. The molecule has 1 aromatic heterocycles. The Morgan fingerprint density at radius 2 is 2.11 bits per heavy atom. The van der Waals surface area contributed by atoms with E-state index in [2.05, 4.69) is 19.2 Å². The summed E-state index contributed by atoms with van der Waals surface area (Å²) < 4.78 is 0. The maximum Gasteiger partial charge on any atom is 0.261 e. The Labute approximate surface area is 120 Å². The molecule has 1 heterocycles. The number of aliphatic hydroxyl groups excluding tert-OH is 1. The smallest absolute Gasteiger partial charge is 0.261 e. The molecular weight excluding hydrogens is 258 g/mol. The number of carbonyl (C=O) groups is 1. The van der Waals surface area contributed by atoms with Crippen LogP contribution >= 0.6 is 11.3 Å². The van der Waals surface area contributed by atoms with Gasteiger partial charge in [0.2, 0.25) is 0 Å². The molecule has 0 aliphatic heterocycles. The third-order valence-corrected chi connectivity index (χ3v) is 4.71. The van der Waals surface area contributed by atoms with Crippen LogP contribution in [-0.4, -0.2) is 23.7 Å². The second-order valence-corrected chi connectivity index (χ2v) is 6.22. The van der Waals surface area contributed by atoms with Gasteiger partial charge in [0.15, 0.2) is 0 Å². The van der Waals surface area contributed by atoms with Crippen LogP contribution < -0.4 is 5.32 Å². The average Bonchev–Trinajstić information content (AvgIpc) is 2.81. The highest BCUT2D eigenvalue weighted by atomic mass is 32.1. The first-order valence-electron chi connectivity index (χ1n) is 7.06. The van der Waals surface area contributed by atoms with E-state index in [0.717, 1.165) is 24.1 Å². The van der Waals surface area contributed by atoms with Crippen LogP contribution in [0.5, 0.6) is 0 Å². The summed E-state index contributed by atoms with van der Waals surface area (Å²) in [6.45, 7) is 8.23. The molecule has 0 radical (unpaired) electrons. The predicted octanol–water partition coefficient (Wildman–Crippen LogP) is 3.01. The van der Waals surface area contributed by atoms with Crippen LogP contribution in [-0.2, 0) is 12.8 Å². The molecule has 0 saturated carbocycles. The van der Waals surface area contributed by atoms with Crippen LogP contribution in [0, 0.1) is 5.92 Å². The lowest BCUT2D eigenvalue weighted by Gasteiger charge is -2.18. The number of hydrogen-bond acceptors (Lipinski definition) is 3. The molecule has 0 saturated heterocycles. The average molecular weight is 283 g/mol. The van der Waals surface area contributed by atoms with E-state index in [-0.39, 0.29) is 24.5 Å². The maximum atomic E-state index is 12.2. The molecule has 0 spiro atoms. The van der Waals surface area contributed by atoms with Gasteiger partial charge in [-0.15, -0.1) is 11.3 Å². The summed E-state index contributed by atoms with van der Waals surface area (Å²) >= 11 is 1.60. The van der Waals surface area contributed by atoms with Crippen LogP contribution in [0.3, 0.4) is 0 Å². The molecule has 0 bridgehead atoms. The van der Waals surface area contributed by atoms with Crippen LogP contribution in [0.25, 0.3) is 0 Å². The fourth-order valence-corrected chi connectivity index (χ4v) is 3.15. The van der Waals surface area contributed by atoms with E-state index in [4.69, 9.17) is 5.11 Å². The van der Waals surface area contributed by atoms with Crippen LogP contribution in [0.1, 0.15) is 54.2 Å². The van der Waals surface area contributed by atoms with Gasteiger partial charge in [0.05, 0.1) is 4.88 Å². The van der Waals surface area contributed by atoms with Gasteiger partial charge in [-0.1, -0.05) is 27.2 Å². The Morgan fingerprint density at radius 3 is 2.63 bits per heavy atom. The Hall–Kier alpha value is -0.870. The fourth-order valence-electron chi connectivity index (χ4n) is 1.89. The summed E-state index contributed by atoms with van der Waals surface area (Å²) in [7, 11) is 0. The molecule has 3 nitrogen and oxygen atoms in total. The molecule has 0 fully saturated rings. The van der Waals surface area contributed by atoms with Gasteiger partial charge >= 0.3 is 0 Å². The molecule has 1 rings (SSSR count). The van der Waals surface area contributed by atoms with E-state index < -0.39 is 0 Å². The van der Waals surface area contributed by atoms with Crippen molar-refractivity contribution in [2.75, 3.05) is 6.61 Å². The van der Waals surface area contributed by atoms with Gasteiger partial charge in [0, 0.05) is 17.5 Å². The van der Waals surface area contributed by atoms with E-state index >= 15 is 0 Å². The SMILES string of the molecule is CCCc1sc(C(=O)NC(C)C(C)CO)cc1CC. The van der Waals surface area contributed by atoms with Gasteiger partial charge < -0.3 is 10.4 Å². The first-order chi connectivity index (χ1) is 9.03. The number of amides is 1. The standard InChI is InChI=1S/C15H25NO2S/c1-5-7-13-12(6-2)8-14(19-13)15(18)16-11(4)10(3)9-17/h8,10-11,17H,5-7,9H2,1-4H3,(H,16,18). The lowest BCUT2D eigenvalue weighted by Crippen LogP contribution is -2.38. The highest BCUT2D eigenvalue weighted by molar-refractivity contribution is 7.14. The lowest BCUT2D eigenvalue weighted by molar-refractivity contribution is 0.0920. The highest BCUT2D eigenvalue weighted by Crippen LogP contribution is 2.24. The van der Waals surface area contributed by atoms with Crippen molar-refractivity contribution in [3.8, 4) is 0 Å². The quantitative estimate of drug-likeness (QED) is 0.808. The molecule has 1 aromatic rings. The van der Waals surface area contributed by atoms with Crippen molar-refractivity contribution in [3.63, 3.8) is 0 Å². The number of hydrogen-bond donors (Lipinski definition) is 2. The van der Waals surface area contributed by atoms with Crippen molar-refractivity contribution >= 4 is 17.2 Å². The van der Waals surface area contributed by atoms with E-state index in [0.29, 0.717) is 0 Å². The summed E-state index contributed by atoms with van der Waals surface area (Å²) in [5, 5.41) is 12.1. The summed E-state index contributed by atoms with van der Waals surface area (Å²) in [6, 6.07) is 2.00. The number of rotatable bonds is 7. The molecule has 4 heteroatoms. The van der Waals surface area contributed by atoms with E-state index in [9.17, 15) is 4.79 Å². The van der Waals surface area contributed by atoms with Gasteiger partial charge in [-0.05, 0) is 37.3 Å². The molecule has 19 heavy (non-hydrogen) atoms. The predicted molar refractivity (Wildman–Crippen MR) is 80.9 cm³/mol. The third-order valence-electron chi connectivity index (χ3n) is 3.48. The molecule has 0 aliphatic carbocycles. The molecule has 1 amide bonds. The van der Waals surface area contributed by atoms with E-state index in [1.54, 1.807) is 11.3 Å². The van der Waals surface area contributed by atoms with Crippen molar-refractivity contribution in [2.45, 2.75) is 53.0 Å². The van der Waals surface area contributed by atoms with Gasteiger partial charge in [0.1, 0.15) is 0 Å². The van der Waals surface area contributed by atoms with Gasteiger partial charge in [-0.3, -0.25) is 4.79 Å². The Morgan fingerprint density at radius 1 is 1.42 bits per heavy atom. The number of aryl methyl sites for hydroxylation is 2. The third kappa shape index (κ3) is 4.32. The van der Waals surface area contributed by atoms with Crippen molar-refractivity contribution in [2.24, 2.45) is 5.92 Å². The largest absolute Gasteiger partial charge is 0.396 e. The highest BCUT2D eigenvalue weighted by Gasteiger charge is 2.18. The first kappa shape index (κ1) is 16.2. The zero-order valence-electron chi connectivity index (χ0n) is 12.3. The topological polar surface area (TPSA) is 49.3 Å². The second kappa shape index (κ2) is 7.65. The minimum Gasteiger partial charge on any atom is -0.396 e. The molecular formula is C15H25NO2S. The number of carbonyl (C=O) groups excluding carboxylic acids is 1. The lowest BCUT2D eigenvalue weighted by atomic mass is 10.1. The Balaban J connectivity index is 2.77. The monoisotopic (exact) mass is 283 g/mol. The zero-order chi connectivity index (χ0) is 14.4. The Kier molecular flexibility index (Phi) is 6.52. The molecule has 2 unspecified atom stereocenters. The summed E-state index contributed by atoms with van der Waals surface area (Å²) in [5.74, 6) is 0.0551. The normalized spacial score (nSPS) is 14.2. The van der Waals surface area contributed by atoms with Crippen molar-refractivity contribution < 1.29 is 9.90 Å². The van der Waals surface area contributed by atoms with Crippen molar-refractivity contribution in [1.29, 1.82) is 0 Å². The fraction of sp³-hybridized carbons (Fsp3) is 0.667. The molecule has 2 N–H and O–H groups in total. The minimum atomic E-state index is -0.0187. The minimum absolute atomic E-state index is 0.0145. The molecule has 108 valence electrons. The second-order valence-electron chi connectivity index (χ2n) is 5.08. The van der Waals surface area contributed by atoms with Gasteiger partial charge in [-0.25, -0.2) is 0 Å². The first-order valence-corrected chi connectivity index (χ1v) is 7.88. The Bertz CT molecular complexity index is 414. The summed E-state index contributed by atoms with van der Waals surface area (Å²) in [6.07, 6.45) is 3.12. The van der Waals surface area contributed by atoms with Crippen LogP contribution in [0.2, 0.25) is 0 Å². The van der Waals surface area contributed by atoms with Crippen molar-refractivity contribution in [3.05, 3.63) is 21.4 Å². The summed E-state index contributed by atoms with van der Waals surface area (Å²) in [5.41, 5.74) is 1.29. The number of thiophene rings is 1. The number of aliphatic hydroxyl groups is 1. The van der Waals surface area contributed by atoms with Crippen molar-refractivity contribution in [1.82, 2.24) is 5.32 Å². The zero-order valence-corrected chi connectivity index (χ0v) is 13.1. The van der Waals surface area contributed by atoms with Crippen LogP contribution in [0.4, 0.5) is 0 Å². The van der Waals surface area contributed by atoms with Gasteiger partial charge in [0.25, 0.3) is 5.91 Å². The molecule has 0 aromatic carbocycles. The van der Waals surface area contributed by atoms with Crippen LogP contribution in [0.15, 0.2) is 6.07 Å². The summed E-state index contributed by atoms with van der Waals surface area (Å²) in [4.78, 5) is 14.3. The molecule has 0 aliphatic rings. The van der Waals surface area contributed by atoms with E-state index in [1.807, 2.05) is 19.9 Å². The molecule has 2 atom stereocenters. The number of nitrogens with one attached hydrogen (secondary N) is 1. The van der Waals surface area contributed by atoms with E-state index in [1.165, 1.54) is 10.4 Å². The van der Waals surface area contributed by atoms with Gasteiger partial charge in [-0.2, -0.15) is 0 Å².